The maximum absolute atomic E-state index is 6.04. The van der Waals surface area contributed by atoms with E-state index < -0.39 is 0 Å². The van der Waals surface area contributed by atoms with E-state index in [0.717, 1.165) is 18.8 Å². The molecule has 2 nitrogen and oxygen atoms in total. The number of likely N-dealkylation sites (N-methyl/N-ethyl adjacent to an activating group) is 1. The van der Waals surface area contributed by atoms with Crippen LogP contribution < -0.4 is 4.74 Å². The first-order valence-electron chi connectivity index (χ1n) is 9.88. The normalized spacial score (nSPS) is 11.5. The molecule has 2 rings (SSSR count). The zero-order valence-electron chi connectivity index (χ0n) is 18.2. The molecule has 0 saturated carbocycles. The highest BCUT2D eigenvalue weighted by molar-refractivity contribution is 5.34. The third-order valence-corrected chi connectivity index (χ3v) is 4.53. The van der Waals surface area contributed by atoms with Gasteiger partial charge >= 0.3 is 0 Å². The number of nitrogens with zero attached hydrogens (tertiary/aromatic N) is 1. The number of hydrogen-bond donors (Lipinski definition) is 0. The summed E-state index contributed by atoms with van der Waals surface area (Å²) in [4.78, 5) is 2.26. The summed E-state index contributed by atoms with van der Waals surface area (Å²) in [5.41, 5.74) is 5.14. The second-order valence-corrected chi connectivity index (χ2v) is 8.41. The van der Waals surface area contributed by atoms with Gasteiger partial charge in [-0.15, -0.1) is 0 Å². The number of ether oxygens (including phenoxy) is 1. The molecule has 0 bridgehead atoms. The van der Waals surface area contributed by atoms with Crippen molar-refractivity contribution in [2.75, 3.05) is 13.6 Å². The van der Waals surface area contributed by atoms with Crippen molar-refractivity contribution in [1.29, 1.82) is 0 Å². The topological polar surface area (TPSA) is 12.5 Å². The van der Waals surface area contributed by atoms with Gasteiger partial charge in [-0.3, -0.25) is 4.90 Å². The second kappa shape index (κ2) is 10.2. The van der Waals surface area contributed by atoms with Crippen molar-refractivity contribution in [2.45, 2.75) is 47.8 Å². The van der Waals surface area contributed by atoms with Crippen molar-refractivity contribution >= 4 is 0 Å². The Hall–Kier alpha value is -2.50. The van der Waals surface area contributed by atoms with Crippen molar-refractivity contribution in [3.05, 3.63) is 76.9 Å². The Kier molecular flexibility index (Phi) is 7.91. The summed E-state index contributed by atoms with van der Waals surface area (Å²) in [6, 6.07) is 14.7. The van der Waals surface area contributed by atoms with Crippen molar-refractivity contribution in [2.24, 2.45) is 5.41 Å². The smallest absolute Gasteiger partial charge is 0.120 e. The van der Waals surface area contributed by atoms with E-state index in [1.54, 1.807) is 0 Å². The minimum atomic E-state index is 0.0493. The molecule has 0 aliphatic carbocycles. The van der Waals surface area contributed by atoms with Crippen LogP contribution in [0.1, 0.15) is 43.0 Å². The molecule has 0 N–H and O–H groups in total. The van der Waals surface area contributed by atoms with Crippen LogP contribution in [0.2, 0.25) is 0 Å². The zero-order valence-corrected chi connectivity index (χ0v) is 18.2. The lowest BCUT2D eigenvalue weighted by Crippen LogP contribution is -2.17. The lowest BCUT2D eigenvalue weighted by molar-refractivity contribution is 0.303. The van der Waals surface area contributed by atoms with Crippen LogP contribution in [-0.4, -0.2) is 18.5 Å². The molecule has 0 aliphatic rings. The number of hydrogen-bond acceptors (Lipinski definition) is 2. The molecule has 148 valence electrons. The average Bonchev–Trinajstić information content (AvgIpc) is 2.62. The number of benzene rings is 2. The van der Waals surface area contributed by atoms with Crippen LogP contribution >= 0.6 is 0 Å². The maximum Gasteiger partial charge on any atom is 0.120 e. The van der Waals surface area contributed by atoms with Crippen molar-refractivity contribution in [3.63, 3.8) is 0 Å². The minimum absolute atomic E-state index is 0.0493. The fourth-order valence-electron chi connectivity index (χ4n) is 2.79. The van der Waals surface area contributed by atoms with E-state index in [2.05, 4.69) is 101 Å². The van der Waals surface area contributed by atoms with Crippen LogP contribution in [0.4, 0.5) is 0 Å². The maximum atomic E-state index is 6.04. The van der Waals surface area contributed by atoms with Crippen LogP contribution in [-0.2, 0) is 13.2 Å². The summed E-state index contributed by atoms with van der Waals surface area (Å²) in [6.45, 7) is 13.0. The van der Waals surface area contributed by atoms with Gasteiger partial charge < -0.3 is 4.74 Å². The quantitative estimate of drug-likeness (QED) is 0.557. The van der Waals surface area contributed by atoms with Crippen molar-refractivity contribution in [3.8, 4) is 17.6 Å². The third kappa shape index (κ3) is 7.62. The summed E-state index contributed by atoms with van der Waals surface area (Å²) in [5.74, 6) is 7.25. The molecule has 0 fully saturated rings. The summed E-state index contributed by atoms with van der Waals surface area (Å²) in [6.07, 6.45) is 4.06. The predicted octanol–water partition coefficient (Wildman–Crippen LogP) is 5.92. The Bertz CT molecular complexity index is 862. The standard InChI is InChI=1S/C26H33NO/c1-21-12-10-14-24(22(21)2)20-28-25-15-11-13-23(18-25)19-27(6)17-9-7-8-16-26(3,4)5/h7,9-15,18H,17,19-20H2,1-6H3. The Morgan fingerprint density at radius 2 is 1.82 bits per heavy atom. The van der Waals surface area contributed by atoms with Crippen LogP contribution in [0.25, 0.3) is 0 Å². The van der Waals surface area contributed by atoms with Gasteiger partial charge in [-0.2, -0.15) is 0 Å². The molecule has 0 spiro atoms. The fraction of sp³-hybridized carbons (Fsp3) is 0.385. The Morgan fingerprint density at radius 3 is 2.57 bits per heavy atom. The zero-order chi connectivity index (χ0) is 20.6. The van der Waals surface area contributed by atoms with Crippen molar-refractivity contribution in [1.82, 2.24) is 4.90 Å². The molecule has 2 heteroatoms. The first kappa shape index (κ1) is 21.8. The number of aryl methyl sites for hydroxylation is 1. The minimum Gasteiger partial charge on any atom is -0.489 e. The van der Waals surface area contributed by atoms with Crippen molar-refractivity contribution < 1.29 is 4.74 Å². The molecular weight excluding hydrogens is 342 g/mol. The summed E-state index contributed by atoms with van der Waals surface area (Å²) >= 11 is 0. The van der Waals surface area contributed by atoms with Crippen LogP contribution in [0, 0.1) is 31.1 Å². The van der Waals surface area contributed by atoms with E-state index in [4.69, 9.17) is 4.74 Å². The first-order chi connectivity index (χ1) is 13.2. The molecule has 0 atom stereocenters. The van der Waals surface area contributed by atoms with Crippen LogP contribution in [0.3, 0.4) is 0 Å². The van der Waals surface area contributed by atoms with E-state index >= 15 is 0 Å². The molecule has 0 heterocycles. The van der Waals surface area contributed by atoms with E-state index in [1.807, 2.05) is 12.1 Å². The summed E-state index contributed by atoms with van der Waals surface area (Å²) in [7, 11) is 2.12. The van der Waals surface area contributed by atoms with Gasteiger partial charge in [-0.25, -0.2) is 0 Å². The van der Waals surface area contributed by atoms with Crippen LogP contribution in [0.5, 0.6) is 5.75 Å². The lowest BCUT2D eigenvalue weighted by Gasteiger charge is -2.15. The van der Waals surface area contributed by atoms with Gasteiger partial charge in [0.2, 0.25) is 0 Å². The van der Waals surface area contributed by atoms with E-state index in [-0.39, 0.29) is 5.41 Å². The molecule has 0 amide bonds. The highest BCUT2D eigenvalue weighted by Crippen LogP contribution is 2.19. The van der Waals surface area contributed by atoms with Gasteiger partial charge in [0.15, 0.2) is 0 Å². The SMILES string of the molecule is Cc1cccc(COc2cccc(CN(C)CC=CC#CC(C)(C)C)c2)c1C. The molecule has 0 aromatic heterocycles. The van der Waals surface area contributed by atoms with E-state index in [0.29, 0.717) is 6.61 Å². The monoisotopic (exact) mass is 375 g/mol. The molecular formula is C26H33NO. The molecule has 0 saturated heterocycles. The fourth-order valence-corrected chi connectivity index (χ4v) is 2.79. The van der Waals surface area contributed by atoms with E-state index in [9.17, 15) is 0 Å². The molecule has 2 aromatic rings. The summed E-state index contributed by atoms with van der Waals surface area (Å²) < 4.78 is 6.04. The average molecular weight is 376 g/mol. The first-order valence-corrected chi connectivity index (χ1v) is 9.88. The predicted molar refractivity (Wildman–Crippen MR) is 119 cm³/mol. The second-order valence-electron chi connectivity index (χ2n) is 8.41. The van der Waals surface area contributed by atoms with Gasteiger partial charge in [0.25, 0.3) is 0 Å². The lowest BCUT2D eigenvalue weighted by atomic mass is 9.98. The molecule has 0 radical (unpaired) electrons. The van der Waals surface area contributed by atoms with Gasteiger partial charge in [0.05, 0.1) is 0 Å². The Balaban J connectivity index is 1.89. The molecule has 0 unspecified atom stereocenters. The van der Waals surface area contributed by atoms with Gasteiger partial charge in [-0.1, -0.05) is 48.2 Å². The van der Waals surface area contributed by atoms with Crippen LogP contribution in [0.15, 0.2) is 54.6 Å². The van der Waals surface area contributed by atoms with Gasteiger partial charge in [0, 0.05) is 18.5 Å². The van der Waals surface area contributed by atoms with E-state index in [1.165, 1.54) is 22.3 Å². The number of allylic oxidation sites excluding steroid dienone is 1. The Labute approximate surface area is 171 Å². The molecule has 2 aromatic carbocycles. The summed E-state index contributed by atoms with van der Waals surface area (Å²) in [5, 5.41) is 0. The van der Waals surface area contributed by atoms with Gasteiger partial charge in [0.1, 0.15) is 12.4 Å². The third-order valence-electron chi connectivity index (χ3n) is 4.53. The highest BCUT2D eigenvalue weighted by atomic mass is 16.5. The molecule has 28 heavy (non-hydrogen) atoms. The largest absolute Gasteiger partial charge is 0.489 e. The highest BCUT2D eigenvalue weighted by Gasteiger charge is 2.04. The Morgan fingerprint density at radius 1 is 1.07 bits per heavy atom. The molecule has 0 aliphatic heterocycles. The van der Waals surface area contributed by atoms with Gasteiger partial charge in [-0.05, 0) is 82.1 Å². The number of rotatable bonds is 7.